The van der Waals surface area contributed by atoms with Gasteiger partial charge in [-0.3, -0.25) is 0 Å². The Hall–Kier alpha value is -1.02. The highest BCUT2D eigenvalue weighted by molar-refractivity contribution is 6.17. The Labute approximate surface area is 113 Å². The number of alkyl halides is 1. The highest BCUT2D eigenvalue weighted by Gasteiger charge is 2.21. The zero-order valence-electron chi connectivity index (χ0n) is 10.8. The van der Waals surface area contributed by atoms with Gasteiger partial charge in [0.1, 0.15) is 5.82 Å². The minimum atomic E-state index is 0.646. The maximum absolute atomic E-state index is 5.91. The van der Waals surface area contributed by atoms with Crippen LogP contribution in [0.15, 0.2) is 18.2 Å². The predicted molar refractivity (Wildman–Crippen MR) is 76.2 cm³/mol. The van der Waals surface area contributed by atoms with E-state index in [1.807, 2.05) is 0 Å². The summed E-state index contributed by atoms with van der Waals surface area (Å²) in [5.74, 6) is 2.64. The van der Waals surface area contributed by atoms with Crippen LogP contribution in [0.25, 0.3) is 11.0 Å². The molecule has 1 aliphatic carbocycles. The van der Waals surface area contributed by atoms with Gasteiger partial charge in [0.15, 0.2) is 0 Å². The van der Waals surface area contributed by atoms with Crippen molar-refractivity contribution in [1.29, 1.82) is 0 Å². The highest BCUT2D eigenvalue weighted by atomic mass is 35.5. The van der Waals surface area contributed by atoms with E-state index in [9.17, 15) is 0 Å². The number of nitrogens with zero attached hydrogens (tertiary/aromatic N) is 2. The lowest BCUT2D eigenvalue weighted by Gasteiger charge is -2.26. The number of benzene rings is 1. The van der Waals surface area contributed by atoms with Crippen molar-refractivity contribution in [1.82, 2.24) is 9.55 Å². The lowest BCUT2D eigenvalue weighted by atomic mass is 9.85. The van der Waals surface area contributed by atoms with Crippen LogP contribution >= 0.6 is 11.6 Å². The fraction of sp³-hybridized carbons (Fsp3) is 0.533. The van der Waals surface area contributed by atoms with Crippen LogP contribution in [0.5, 0.6) is 0 Å². The van der Waals surface area contributed by atoms with Crippen molar-refractivity contribution in [3.8, 4) is 0 Å². The number of para-hydroxylation sites is 1. The van der Waals surface area contributed by atoms with E-state index in [0.717, 1.165) is 30.2 Å². The van der Waals surface area contributed by atoms with Gasteiger partial charge >= 0.3 is 0 Å². The molecule has 0 amide bonds. The molecule has 0 aliphatic heterocycles. The number of hydrogen-bond acceptors (Lipinski definition) is 1. The van der Waals surface area contributed by atoms with Crippen LogP contribution in [0.2, 0.25) is 0 Å². The molecule has 18 heavy (non-hydrogen) atoms. The second kappa shape index (κ2) is 4.93. The van der Waals surface area contributed by atoms with E-state index < -0.39 is 0 Å². The van der Waals surface area contributed by atoms with E-state index in [4.69, 9.17) is 16.6 Å². The van der Waals surface area contributed by atoms with Gasteiger partial charge in [-0.05, 0) is 37.3 Å². The molecule has 2 aromatic rings. The molecule has 1 aromatic carbocycles. The van der Waals surface area contributed by atoms with Gasteiger partial charge in [0.2, 0.25) is 0 Å². The van der Waals surface area contributed by atoms with Crippen LogP contribution in [0.1, 0.15) is 30.7 Å². The number of halogens is 1. The van der Waals surface area contributed by atoms with E-state index in [1.54, 1.807) is 0 Å². The zero-order valence-corrected chi connectivity index (χ0v) is 11.6. The molecule has 1 aliphatic rings. The van der Waals surface area contributed by atoms with E-state index in [0.29, 0.717) is 5.88 Å². The molecule has 0 atom stereocenters. The molecule has 0 unspecified atom stereocenters. The van der Waals surface area contributed by atoms with Gasteiger partial charge in [-0.2, -0.15) is 0 Å². The zero-order chi connectivity index (χ0) is 12.5. The molecule has 2 nitrogen and oxygen atoms in total. The first-order valence-corrected chi connectivity index (χ1v) is 7.33. The molecule has 0 radical (unpaired) electrons. The first-order valence-electron chi connectivity index (χ1n) is 6.80. The standard InChI is InChI=1S/C15H19ClN2/c1-11-4-2-7-13-15(11)17-14(8-9-16)18(13)10-12-5-3-6-12/h2,4,7,12H,3,5-6,8-10H2,1H3. The molecule has 1 heterocycles. The highest BCUT2D eigenvalue weighted by Crippen LogP contribution is 2.30. The minimum absolute atomic E-state index is 0.646. The van der Waals surface area contributed by atoms with Gasteiger partial charge in [0.05, 0.1) is 11.0 Å². The Kier molecular flexibility index (Phi) is 3.29. The van der Waals surface area contributed by atoms with Crippen LogP contribution in [-0.4, -0.2) is 15.4 Å². The molecule has 1 aromatic heterocycles. The third kappa shape index (κ3) is 2.03. The molecule has 96 valence electrons. The number of aryl methyl sites for hydroxylation is 2. The largest absolute Gasteiger partial charge is 0.328 e. The first-order chi connectivity index (χ1) is 8.79. The Bertz CT molecular complexity index is 555. The van der Waals surface area contributed by atoms with Crippen molar-refractivity contribution in [3.63, 3.8) is 0 Å². The third-order valence-electron chi connectivity index (χ3n) is 4.04. The molecule has 0 bridgehead atoms. The van der Waals surface area contributed by atoms with Gasteiger partial charge < -0.3 is 4.57 Å². The van der Waals surface area contributed by atoms with Gasteiger partial charge in [-0.1, -0.05) is 18.6 Å². The quantitative estimate of drug-likeness (QED) is 0.764. The predicted octanol–water partition coefficient (Wildman–Crippen LogP) is 3.93. The first kappa shape index (κ1) is 12.0. The number of fused-ring (bicyclic) bond motifs is 1. The summed E-state index contributed by atoms with van der Waals surface area (Å²) in [5.41, 5.74) is 3.69. The molecular formula is C15H19ClN2. The summed E-state index contributed by atoms with van der Waals surface area (Å²) in [6, 6.07) is 6.44. The van der Waals surface area contributed by atoms with Crippen LogP contribution < -0.4 is 0 Å². The van der Waals surface area contributed by atoms with Crippen molar-refractivity contribution >= 4 is 22.6 Å². The Balaban J connectivity index is 2.05. The topological polar surface area (TPSA) is 17.8 Å². The molecule has 3 heteroatoms. The average molecular weight is 263 g/mol. The van der Waals surface area contributed by atoms with Gasteiger partial charge in [0, 0.05) is 18.8 Å². The molecular weight excluding hydrogens is 244 g/mol. The maximum Gasteiger partial charge on any atom is 0.111 e. The van der Waals surface area contributed by atoms with E-state index >= 15 is 0 Å². The minimum Gasteiger partial charge on any atom is -0.328 e. The summed E-state index contributed by atoms with van der Waals surface area (Å²) in [6.07, 6.45) is 4.99. The number of aromatic nitrogens is 2. The fourth-order valence-corrected chi connectivity index (χ4v) is 2.92. The van der Waals surface area contributed by atoms with Crippen molar-refractivity contribution in [3.05, 3.63) is 29.6 Å². The fourth-order valence-electron chi connectivity index (χ4n) is 2.75. The summed E-state index contributed by atoms with van der Waals surface area (Å²) in [7, 11) is 0. The Morgan fingerprint density at radius 3 is 2.89 bits per heavy atom. The Morgan fingerprint density at radius 1 is 1.39 bits per heavy atom. The molecule has 0 spiro atoms. The maximum atomic E-state index is 5.91. The third-order valence-corrected chi connectivity index (χ3v) is 4.23. The molecule has 0 saturated heterocycles. The summed E-state index contributed by atoms with van der Waals surface area (Å²) in [6.45, 7) is 3.25. The second-order valence-electron chi connectivity index (χ2n) is 5.32. The molecule has 1 saturated carbocycles. The molecule has 3 rings (SSSR count). The summed E-state index contributed by atoms with van der Waals surface area (Å²) in [4.78, 5) is 4.79. The van der Waals surface area contributed by atoms with Crippen LogP contribution in [0.3, 0.4) is 0 Å². The number of hydrogen-bond donors (Lipinski definition) is 0. The summed E-state index contributed by atoms with van der Waals surface area (Å²) < 4.78 is 2.40. The van der Waals surface area contributed by atoms with Gasteiger partial charge in [0.25, 0.3) is 0 Å². The van der Waals surface area contributed by atoms with Crippen LogP contribution in [0.4, 0.5) is 0 Å². The smallest absolute Gasteiger partial charge is 0.111 e. The summed E-state index contributed by atoms with van der Waals surface area (Å²) >= 11 is 5.91. The summed E-state index contributed by atoms with van der Waals surface area (Å²) in [5, 5.41) is 0. The number of imidazole rings is 1. The monoisotopic (exact) mass is 262 g/mol. The average Bonchev–Trinajstić information content (AvgIpc) is 2.64. The lowest BCUT2D eigenvalue weighted by Crippen LogP contribution is -2.19. The normalized spacial score (nSPS) is 16.1. The Morgan fingerprint density at radius 2 is 2.22 bits per heavy atom. The van der Waals surface area contributed by atoms with E-state index in [2.05, 4.69) is 29.7 Å². The van der Waals surface area contributed by atoms with Crippen molar-refractivity contribution in [2.24, 2.45) is 5.92 Å². The van der Waals surface area contributed by atoms with Gasteiger partial charge in [-0.25, -0.2) is 4.98 Å². The van der Waals surface area contributed by atoms with E-state index in [1.165, 1.54) is 30.3 Å². The van der Waals surface area contributed by atoms with Gasteiger partial charge in [-0.15, -0.1) is 11.6 Å². The van der Waals surface area contributed by atoms with Crippen molar-refractivity contribution in [2.45, 2.75) is 39.2 Å². The van der Waals surface area contributed by atoms with E-state index in [-0.39, 0.29) is 0 Å². The SMILES string of the molecule is Cc1cccc2c1nc(CCCl)n2CC1CCC1. The molecule has 1 fully saturated rings. The number of rotatable bonds is 4. The second-order valence-corrected chi connectivity index (χ2v) is 5.70. The van der Waals surface area contributed by atoms with Crippen molar-refractivity contribution < 1.29 is 0 Å². The van der Waals surface area contributed by atoms with Crippen molar-refractivity contribution in [2.75, 3.05) is 5.88 Å². The molecule has 0 N–H and O–H groups in total. The lowest BCUT2D eigenvalue weighted by molar-refractivity contribution is 0.277. The van der Waals surface area contributed by atoms with Crippen LogP contribution in [-0.2, 0) is 13.0 Å². The van der Waals surface area contributed by atoms with Crippen LogP contribution in [0, 0.1) is 12.8 Å².